The van der Waals surface area contributed by atoms with Gasteiger partial charge in [0, 0.05) is 25.7 Å². The smallest absolute Gasteiger partial charge is 0.00385 e. The van der Waals surface area contributed by atoms with Crippen LogP contribution in [0.1, 0.15) is 33.6 Å². The van der Waals surface area contributed by atoms with Crippen molar-refractivity contribution in [3.63, 3.8) is 0 Å². The number of hydrogen-bond acceptors (Lipinski definition) is 2. The average Bonchev–Trinajstić information content (AvgIpc) is 2.76. The van der Waals surface area contributed by atoms with Crippen molar-refractivity contribution < 1.29 is 0 Å². The van der Waals surface area contributed by atoms with E-state index in [-0.39, 0.29) is 0 Å². The molecule has 1 aliphatic carbocycles. The van der Waals surface area contributed by atoms with Gasteiger partial charge in [-0.2, -0.15) is 0 Å². The van der Waals surface area contributed by atoms with Crippen LogP contribution in [0.15, 0.2) is 0 Å². The summed E-state index contributed by atoms with van der Waals surface area (Å²) >= 11 is 0. The molecule has 2 aliphatic heterocycles. The van der Waals surface area contributed by atoms with E-state index in [1.165, 1.54) is 45.6 Å². The van der Waals surface area contributed by atoms with Crippen LogP contribution >= 0.6 is 0 Å². The van der Waals surface area contributed by atoms with Crippen molar-refractivity contribution in [2.75, 3.05) is 32.7 Å². The molecule has 2 heterocycles. The zero-order valence-corrected chi connectivity index (χ0v) is 11.7. The summed E-state index contributed by atoms with van der Waals surface area (Å²) in [6, 6.07) is 0.747. The van der Waals surface area contributed by atoms with Gasteiger partial charge >= 0.3 is 0 Å². The first kappa shape index (κ1) is 12.0. The van der Waals surface area contributed by atoms with Gasteiger partial charge in [-0.15, -0.1) is 0 Å². The van der Waals surface area contributed by atoms with Crippen LogP contribution in [0.3, 0.4) is 0 Å². The summed E-state index contributed by atoms with van der Waals surface area (Å²) in [6.07, 6.45) is 2.86. The van der Waals surface area contributed by atoms with Crippen molar-refractivity contribution >= 4 is 0 Å². The van der Waals surface area contributed by atoms with Gasteiger partial charge in [0.1, 0.15) is 0 Å². The Kier molecular flexibility index (Phi) is 3.20. The first-order valence-electron chi connectivity index (χ1n) is 7.61. The summed E-state index contributed by atoms with van der Waals surface area (Å²) < 4.78 is 0. The highest BCUT2D eigenvalue weighted by Gasteiger charge is 2.52. The molecule has 2 atom stereocenters. The third-order valence-corrected chi connectivity index (χ3v) is 5.59. The molecule has 2 heteroatoms. The molecule has 0 radical (unpaired) electrons. The number of fused-ring (bicyclic) bond motifs is 1. The van der Waals surface area contributed by atoms with E-state index in [1.807, 2.05) is 0 Å². The summed E-state index contributed by atoms with van der Waals surface area (Å²) in [5, 5.41) is 0. The second kappa shape index (κ2) is 4.55. The Morgan fingerprint density at radius 1 is 1.06 bits per heavy atom. The lowest BCUT2D eigenvalue weighted by atomic mass is 9.95. The summed E-state index contributed by atoms with van der Waals surface area (Å²) in [4.78, 5) is 5.39. The van der Waals surface area contributed by atoms with Crippen LogP contribution in [0.2, 0.25) is 0 Å². The fourth-order valence-corrected chi connectivity index (χ4v) is 4.08. The standard InChI is InChI=1S/C15H28N2/c1-11(2)17-6-4-13(5-7-17)8-16-9-14-12(3)15(14)10-16/h11-15H,4-10H2,1-3H3. The van der Waals surface area contributed by atoms with Gasteiger partial charge in [0.25, 0.3) is 0 Å². The van der Waals surface area contributed by atoms with E-state index in [0.29, 0.717) is 0 Å². The van der Waals surface area contributed by atoms with Crippen LogP contribution in [0.25, 0.3) is 0 Å². The van der Waals surface area contributed by atoms with Gasteiger partial charge in [-0.1, -0.05) is 6.92 Å². The van der Waals surface area contributed by atoms with Crippen molar-refractivity contribution in [1.29, 1.82) is 0 Å². The van der Waals surface area contributed by atoms with Crippen LogP contribution < -0.4 is 0 Å². The fourth-order valence-electron chi connectivity index (χ4n) is 4.08. The van der Waals surface area contributed by atoms with E-state index < -0.39 is 0 Å². The maximum atomic E-state index is 2.75. The molecule has 3 fully saturated rings. The van der Waals surface area contributed by atoms with Gasteiger partial charge in [-0.25, -0.2) is 0 Å². The minimum absolute atomic E-state index is 0.747. The quantitative estimate of drug-likeness (QED) is 0.742. The molecule has 0 N–H and O–H groups in total. The molecule has 2 nitrogen and oxygen atoms in total. The maximum Gasteiger partial charge on any atom is 0.00385 e. The molecule has 2 saturated heterocycles. The number of hydrogen-bond donors (Lipinski definition) is 0. The van der Waals surface area contributed by atoms with E-state index in [1.54, 1.807) is 0 Å². The highest BCUT2D eigenvalue weighted by molar-refractivity contribution is 5.03. The molecule has 1 saturated carbocycles. The molecule has 0 bridgehead atoms. The Bertz CT molecular complexity index is 256. The lowest BCUT2D eigenvalue weighted by molar-refractivity contribution is 0.124. The first-order chi connectivity index (χ1) is 8.15. The Morgan fingerprint density at radius 2 is 1.65 bits per heavy atom. The van der Waals surface area contributed by atoms with Gasteiger partial charge in [0.2, 0.25) is 0 Å². The van der Waals surface area contributed by atoms with E-state index in [0.717, 1.165) is 29.7 Å². The van der Waals surface area contributed by atoms with E-state index in [9.17, 15) is 0 Å². The largest absolute Gasteiger partial charge is 0.302 e. The molecule has 0 aromatic rings. The summed E-state index contributed by atoms with van der Waals surface area (Å²) in [7, 11) is 0. The minimum Gasteiger partial charge on any atom is -0.302 e. The number of likely N-dealkylation sites (tertiary alicyclic amines) is 2. The summed E-state index contributed by atoms with van der Waals surface area (Å²) in [5.74, 6) is 4.18. The summed E-state index contributed by atoms with van der Waals surface area (Å²) in [6.45, 7) is 14.0. The second-order valence-corrected chi connectivity index (χ2v) is 6.98. The normalized spacial score (nSPS) is 39.9. The predicted molar refractivity (Wildman–Crippen MR) is 72.0 cm³/mol. The molecule has 3 aliphatic rings. The van der Waals surface area contributed by atoms with Crippen molar-refractivity contribution in [2.45, 2.75) is 39.7 Å². The van der Waals surface area contributed by atoms with Crippen molar-refractivity contribution in [1.82, 2.24) is 9.80 Å². The maximum absolute atomic E-state index is 2.75. The van der Waals surface area contributed by atoms with Gasteiger partial charge in [-0.05, 0) is 63.5 Å². The summed E-state index contributed by atoms with van der Waals surface area (Å²) in [5.41, 5.74) is 0. The Morgan fingerprint density at radius 3 is 2.18 bits per heavy atom. The lowest BCUT2D eigenvalue weighted by Crippen LogP contribution is -2.41. The van der Waals surface area contributed by atoms with Crippen LogP contribution in [-0.4, -0.2) is 48.6 Å². The lowest BCUT2D eigenvalue weighted by Gasteiger charge is -2.36. The molecule has 0 amide bonds. The van der Waals surface area contributed by atoms with Crippen LogP contribution in [-0.2, 0) is 0 Å². The molecule has 0 spiro atoms. The highest BCUT2D eigenvalue weighted by Crippen LogP contribution is 2.51. The molecular weight excluding hydrogens is 208 g/mol. The molecule has 0 aromatic heterocycles. The Labute approximate surface area is 106 Å². The third kappa shape index (κ3) is 2.39. The minimum atomic E-state index is 0.747. The molecule has 17 heavy (non-hydrogen) atoms. The second-order valence-electron chi connectivity index (χ2n) is 6.98. The first-order valence-corrected chi connectivity index (χ1v) is 7.61. The van der Waals surface area contributed by atoms with Crippen LogP contribution in [0.4, 0.5) is 0 Å². The third-order valence-electron chi connectivity index (χ3n) is 5.59. The topological polar surface area (TPSA) is 6.48 Å². The number of piperidine rings is 2. The number of nitrogens with zero attached hydrogens (tertiary/aromatic N) is 2. The predicted octanol–water partition coefficient (Wildman–Crippen LogP) is 2.30. The molecule has 2 unspecified atom stereocenters. The fraction of sp³-hybridized carbons (Fsp3) is 1.00. The average molecular weight is 236 g/mol. The number of rotatable bonds is 3. The van der Waals surface area contributed by atoms with Gasteiger partial charge in [-0.3, -0.25) is 0 Å². The highest BCUT2D eigenvalue weighted by atomic mass is 15.2. The molecule has 98 valence electrons. The Hall–Kier alpha value is -0.0800. The van der Waals surface area contributed by atoms with Gasteiger partial charge in [0.15, 0.2) is 0 Å². The zero-order valence-electron chi connectivity index (χ0n) is 11.7. The van der Waals surface area contributed by atoms with E-state index >= 15 is 0 Å². The zero-order chi connectivity index (χ0) is 12.0. The van der Waals surface area contributed by atoms with Gasteiger partial charge in [0.05, 0.1) is 0 Å². The van der Waals surface area contributed by atoms with Crippen molar-refractivity contribution in [2.24, 2.45) is 23.7 Å². The SMILES string of the molecule is CC1C2CN(CC3CCN(C(C)C)CC3)CC12. The van der Waals surface area contributed by atoms with Crippen LogP contribution in [0, 0.1) is 23.7 Å². The van der Waals surface area contributed by atoms with Crippen LogP contribution in [0.5, 0.6) is 0 Å². The van der Waals surface area contributed by atoms with Crippen molar-refractivity contribution in [3.8, 4) is 0 Å². The van der Waals surface area contributed by atoms with Crippen molar-refractivity contribution in [3.05, 3.63) is 0 Å². The Balaban J connectivity index is 1.40. The molecule has 3 rings (SSSR count). The van der Waals surface area contributed by atoms with E-state index in [4.69, 9.17) is 0 Å². The van der Waals surface area contributed by atoms with E-state index in [2.05, 4.69) is 30.6 Å². The monoisotopic (exact) mass is 236 g/mol. The van der Waals surface area contributed by atoms with Gasteiger partial charge < -0.3 is 9.80 Å². The molecule has 0 aromatic carbocycles. The molecular formula is C15H28N2.